The Morgan fingerprint density at radius 2 is 2.33 bits per heavy atom. The van der Waals surface area contributed by atoms with Gasteiger partial charge in [0.1, 0.15) is 0 Å². The summed E-state index contributed by atoms with van der Waals surface area (Å²) in [5.41, 5.74) is 1.11. The standard InChI is InChI=1S/C15H21N3O2S/c1-2-11-9-21-13(17-11)5-6-16-15(20)10-7-14(19)18(8-10)12-3-4-12/h9-10,12H,2-8H2,1H3,(H,16,20)/t10-/m0/s1. The third kappa shape index (κ3) is 3.43. The molecule has 2 fully saturated rings. The Labute approximate surface area is 128 Å². The Kier molecular flexibility index (Phi) is 4.24. The van der Waals surface area contributed by atoms with Crippen LogP contribution in [-0.4, -0.2) is 40.8 Å². The molecule has 3 rings (SSSR count). The Bertz CT molecular complexity index is 539. The third-order valence-corrected chi connectivity index (χ3v) is 5.07. The Morgan fingerprint density at radius 3 is 3.00 bits per heavy atom. The first kappa shape index (κ1) is 14.5. The van der Waals surface area contributed by atoms with Crippen molar-refractivity contribution in [3.05, 3.63) is 16.1 Å². The van der Waals surface area contributed by atoms with Gasteiger partial charge in [-0.1, -0.05) is 6.92 Å². The molecule has 1 aromatic rings. The van der Waals surface area contributed by atoms with Crippen molar-refractivity contribution < 1.29 is 9.59 Å². The Hall–Kier alpha value is -1.43. The highest BCUT2D eigenvalue weighted by atomic mass is 32.1. The number of amides is 2. The van der Waals surface area contributed by atoms with Crippen LogP contribution >= 0.6 is 11.3 Å². The SMILES string of the molecule is CCc1csc(CCNC(=O)[C@H]2CC(=O)N(C3CC3)C2)n1. The summed E-state index contributed by atoms with van der Waals surface area (Å²) in [6, 6.07) is 0.415. The molecule has 1 N–H and O–H groups in total. The van der Waals surface area contributed by atoms with Gasteiger partial charge in [-0.05, 0) is 19.3 Å². The first-order valence-electron chi connectivity index (χ1n) is 7.67. The van der Waals surface area contributed by atoms with Crippen LogP contribution in [0, 0.1) is 5.92 Å². The van der Waals surface area contributed by atoms with Gasteiger partial charge in [0, 0.05) is 37.4 Å². The molecule has 6 heteroatoms. The molecule has 21 heavy (non-hydrogen) atoms. The number of carbonyl (C=O) groups excluding carboxylic acids is 2. The van der Waals surface area contributed by atoms with Gasteiger partial charge in [0.2, 0.25) is 11.8 Å². The number of nitrogens with zero attached hydrogens (tertiary/aromatic N) is 2. The summed E-state index contributed by atoms with van der Waals surface area (Å²) in [7, 11) is 0. The van der Waals surface area contributed by atoms with Crippen molar-refractivity contribution in [2.75, 3.05) is 13.1 Å². The van der Waals surface area contributed by atoms with Crippen LogP contribution in [0.5, 0.6) is 0 Å². The van der Waals surface area contributed by atoms with Crippen LogP contribution < -0.4 is 5.32 Å². The van der Waals surface area contributed by atoms with E-state index >= 15 is 0 Å². The summed E-state index contributed by atoms with van der Waals surface area (Å²) >= 11 is 1.65. The maximum atomic E-state index is 12.1. The van der Waals surface area contributed by atoms with Crippen LogP contribution in [0.1, 0.15) is 36.9 Å². The molecule has 2 amide bonds. The van der Waals surface area contributed by atoms with Gasteiger partial charge in [0.25, 0.3) is 0 Å². The normalized spacial score (nSPS) is 21.9. The lowest BCUT2D eigenvalue weighted by atomic mass is 10.1. The van der Waals surface area contributed by atoms with Gasteiger partial charge in [-0.25, -0.2) is 4.98 Å². The van der Waals surface area contributed by atoms with Crippen LogP contribution in [0.4, 0.5) is 0 Å². The topological polar surface area (TPSA) is 62.3 Å². The molecule has 2 aliphatic rings. The lowest BCUT2D eigenvalue weighted by molar-refractivity contribution is -0.129. The number of aromatic nitrogens is 1. The Balaban J connectivity index is 1.43. The molecule has 114 valence electrons. The molecule has 0 aromatic carbocycles. The number of rotatable bonds is 6. The number of likely N-dealkylation sites (tertiary alicyclic amines) is 1. The molecule has 1 aliphatic heterocycles. The molecule has 1 saturated carbocycles. The minimum absolute atomic E-state index is 0.0128. The van der Waals surface area contributed by atoms with Gasteiger partial charge in [-0.2, -0.15) is 0 Å². The lowest BCUT2D eigenvalue weighted by Crippen LogP contribution is -2.34. The summed E-state index contributed by atoms with van der Waals surface area (Å²) < 4.78 is 0. The predicted molar refractivity (Wildman–Crippen MR) is 81.0 cm³/mol. The summed E-state index contributed by atoms with van der Waals surface area (Å²) in [6.45, 7) is 3.29. The van der Waals surface area contributed by atoms with Crippen molar-refractivity contribution in [3.8, 4) is 0 Å². The van der Waals surface area contributed by atoms with E-state index < -0.39 is 0 Å². The molecule has 0 bridgehead atoms. The molecule has 1 saturated heterocycles. The highest BCUT2D eigenvalue weighted by Gasteiger charge is 2.41. The fourth-order valence-electron chi connectivity index (χ4n) is 2.71. The highest BCUT2D eigenvalue weighted by Crippen LogP contribution is 2.32. The number of thiazole rings is 1. The van der Waals surface area contributed by atoms with E-state index in [1.165, 1.54) is 0 Å². The fraction of sp³-hybridized carbons (Fsp3) is 0.667. The Morgan fingerprint density at radius 1 is 1.52 bits per heavy atom. The van der Waals surface area contributed by atoms with Gasteiger partial charge >= 0.3 is 0 Å². The monoisotopic (exact) mass is 307 g/mol. The molecule has 1 aromatic heterocycles. The van der Waals surface area contributed by atoms with Crippen molar-refractivity contribution in [1.29, 1.82) is 0 Å². The second-order valence-electron chi connectivity index (χ2n) is 5.81. The molecule has 0 unspecified atom stereocenters. The van der Waals surface area contributed by atoms with Crippen molar-refractivity contribution >= 4 is 23.2 Å². The van der Waals surface area contributed by atoms with Crippen molar-refractivity contribution in [3.63, 3.8) is 0 Å². The summed E-state index contributed by atoms with van der Waals surface area (Å²) in [5, 5.41) is 6.08. The first-order chi connectivity index (χ1) is 10.2. The van der Waals surface area contributed by atoms with Crippen LogP contribution in [0.15, 0.2) is 5.38 Å². The summed E-state index contributed by atoms with van der Waals surface area (Å²) in [6.07, 6.45) is 4.29. The predicted octanol–water partition coefficient (Wildman–Crippen LogP) is 1.38. The number of hydrogen-bond donors (Lipinski definition) is 1. The third-order valence-electron chi connectivity index (χ3n) is 4.12. The fourth-order valence-corrected chi connectivity index (χ4v) is 3.59. The average Bonchev–Trinajstić information content (AvgIpc) is 3.08. The zero-order valence-electron chi connectivity index (χ0n) is 12.3. The van der Waals surface area contributed by atoms with E-state index in [-0.39, 0.29) is 17.7 Å². The zero-order chi connectivity index (χ0) is 14.8. The molecular formula is C15H21N3O2S. The van der Waals surface area contributed by atoms with Crippen LogP contribution in [-0.2, 0) is 22.4 Å². The number of hydrogen-bond acceptors (Lipinski definition) is 4. The van der Waals surface area contributed by atoms with E-state index in [2.05, 4.69) is 22.6 Å². The van der Waals surface area contributed by atoms with E-state index in [0.29, 0.717) is 25.6 Å². The highest BCUT2D eigenvalue weighted by molar-refractivity contribution is 7.09. The largest absolute Gasteiger partial charge is 0.355 e. The van der Waals surface area contributed by atoms with E-state index in [0.717, 1.165) is 36.4 Å². The lowest BCUT2D eigenvalue weighted by Gasteiger charge is -2.15. The zero-order valence-corrected chi connectivity index (χ0v) is 13.1. The molecule has 0 spiro atoms. The van der Waals surface area contributed by atoms with Crippen LogP contribution in [0.25, 0.3) is 0 Å². The van der Waals surface area contributed by atoms with Crippen molar-refractivity contribution in [2.45, 2.75) is 45.1 Å². The number of carbonyl (C=O) groups is 2. The molecule has 1 aliphatic carbocycles. The van der Waals surface area contributed by atoms with Gasteiger partial charge < -0.3 is 10.2 Å². The molecule has 1 atom stereocenters. The van der Waals surface area contributed by atoms with Gasteiger partial charge in [0.05, 0.1) is 16.6 Å². The summed E-state index contributed by atoms with van der Waals surface area (Å²) in [4.78, 5) is 30.3. The van der Waals surface area contributed by atoms with Gasteiger partial charge in [-0.3, -0.25) is 9.59 Å². The minimum Gasteiger partial charge on any atom is -0.355 e. The molecular weight excluding hydrogens is 286 g/mol. The van der Waals surface area contributed by atoms with Gasteiger partial charge in [-0.15, -0.1) is 11.3 Å². The number of nitrogens with one attached hydrogen (secondary N) is 1. The second kappa shape index (κ2) is 6.13. The van der Waals surface area contributed by atoms with Gasteiger partial charge in [0.15, 0.2) is 0 Å². The maximum Gasteiger partial charge on any atom is 0.225 e. The maximum absolute atomic E-state index is 12.1. The molecule has 0 radical (unpaired) electrons. The van der Waals surface area contributed by atoms with E-state index in [9.17, 15) is 9.59 Å². The van der Waals surface area contributed by atoms with E-state index in [1.54, 1.807) is 11.3 Å². The first-order valence-corrected chi connectivity index (χ1v) is 8.55. The van der Waals surface area contributed by atoms with Crippen LogP contribution in [0.2, 0.25) is 0 Å². The smallest absolute Gasteiger partial charge is 0.225 e. The molecule has 2 heterocycles. The van der Waals surface area contributed by atoms with E-state index in [1.807, 2.05) is 4.90 Å². The van der Waals surface area contributed by atoms with Crippen LogP contribution in [0.3, 0.4) is 0 Å². The molecule has 5 nitrogen and oxygen atoms in total. The van der Waals surface area contributed by atoms with E-state index in [4.69, 9.17) is 0 Å². The van der Waals surface area contributed by atoms with Crippen molar-refractivity contribution in [1.82, 2.24) is 15.2 Å². The number of aryl methyl sites for hydroxylation is 1. The quantitative estimate of drug-likeness (QED) is 0.863. The second-order valence-corrected chi connectivity index (χ2v) is 6.75. The average molecular weight is 307 g/mol. The summed E-state index contributed by atoms with van der Waals surface area (Å²) in [5.74, 6) is -0.00969. The van der Waals surface area contributed by atoms with Crippen molar-refractivity contribution in [2.24, 2.45) is 5.92 Å². The minimum atomic E-state index is -0.166.